The van der Waals surface area contributed by atoms with Crippen molar-refractivity contribution in [3.05, 3.63) is 24.3 Å². The van der Waals surface area contributed by atoms with Crippen LogP contribution in [0.5, 0.6) is 0 Å². The highest BCUT2D eigenvalue weighted by molar-refractivity contribution is 8.00. The van der Waals surface area contributed by atoms with Gasteiger partial charge in [-0.2, -0.15) is 0 Å². The van der Waals surface area contributed by atoms with Gasteiger partial charge in [0.25, 0.3) is 0 Å². The summed E-state index contributed by atoms with van der Waals surface area (Å²) in [6, 6.07) is 7.74. The van der Waals surface area contributed by atoms with Gasteiger partial charge in [-0.05, 0) is 37.6 Å². The molecule has 0 fully saturated rings. The maximum atomic E-state index is 11.9. The topological polar surface area (TPSA) is 58.2 Å². The molecule has 4 nitrogen and oxygen atoms in total. The van der Waals surface area contributed by atoms with Gasteiger partial charge in [0.05, 0.1) is 5.75 Å². The molecule has 0 bridgehead atoms. The van der Waals surface area contributed by atoms with Crippen molar-refractivity contribution in [3.8, 4) is 0 Å². The summed E-state index contributed by atoms with van der Waals surface area (Å²) in [4.78, 5) is 23.8. The first-order valence-corrected chi connectivity index (χ1v) is 8.79. The fourth-order valence-electron chi connectivity index (χ4n) is 2.08. The third-order valence-corrected chi connectivity index (χ3v) is 4.20. The second-order valence-corrected chi connectivity index (χ2v) is 6.51. The maximum Gasteiger partial charge on any atom is 0.230 e. The van der Waals surface area contributed by atoms with Crippen LogP contribution in [-0.2, 0) is 9.59 Å². The summed E-state index contributed by atoms with van der Waals surface area (Å²) >= 11 is 1.50. The van der Waals surface area contributed by atoms with Gasteiger partial charge >= 0.3 is 0 Å². The van der Waals surface area contributed by atoms with Gasteiger partial charge < -0.3 is 10.6 Å². The molecule has 1 aromatic carbocycles. The van der Waals surface area contributed by atoms with Crippen LogP contribution in [0.4, 0.5) is 5.69 Å². The second kappa shape index (κ2) is 10.3. The van der Waals surface area contributed by atoms with Crippen molar-refractivity contribution in [3.63, 3.8) is 0 Å². The van der Waals surface area contributed by atoms with Gasteiger partial charge in [0, 0.05) is 23.5 Å². The van der Waals surface area contributed by atoms with Crippen molar-refractivity contribution in [2.45, 2.75) is 57.4 Å². The first kappa shape index (κ1) is 18.6. The Kier molecular flexibility index (Phi) is 8.67. The Hall–Kier alpha value is -1.49. The molecule has 0 spiro atoms. The lowest BCUT2D eigenvalue weighted by Crippen LogP contribution is -2.33. The minimum absolute atomic E-state index is 0.0694. The average molecular weight is 322 g/mol. The minimum atomic E-state index is -0.0863. The third-order valence-electron chi connectivity index (χ3n) is 3.19. The summed E-state index contributed by atoms with van der Waals surface area (Å²) in [7, 11) is 0. The number of hydrogen-bond acceptors (Lipinski definition) is 3. The Bertz CT molecular complexity index is 474. The van der Waals surface area contributed by atoms with Crippen molar-refractivity contribution < 1.29 is 9.59 Å². The van der Waals surface area contributed by atoms with Crippen molar-refractivity contribution in [1.82, 2.24) is 5.32 Å². The Morgan fingerprint density at radius 2 is 1.86 bits per heavy atom. The molecule has 5 heteroatoms. The zero-order valence-corrected chi connectivity index (χ0v) is 14.5. The van der Waals surface area contributed by atoms with E-state index in [0.29, 0.717) is 5.75 Å². The van der Waals surface area contributed by atoms with E-state index in [2.05, 4.69) is 24.5 Å². The third kappa shape index (κ3) is 8.08. The van der Waals surface area contributed by atoms with Crippen molar-refractivity contribution in [1.29, 1.82) is 0 Å². The molecular formula is C17H26N2O2S. The summed E-state index contributed by atoms with van der Waals surface area (Å²) in [6.07, 6.45) is 4.62. The quantitative estimate of drug-likeness (QED) is 0.537. The molecular weight excluding hydrogens is 296 g/mol. The van der Waals surface area contributed by atoms with Crippen LogP contribution in [0.15, 0.2) is 29.2 Å². The van der Waals surface area contributed by atoms with Crippen molar-refractivity contribution >= 4 is 29.3 Å². The monoisotopic (exact) mass is 322 g/mol. The van der Waals surface area contributed by atoms with Crippen LogP contribution in [-0.4, -0.2) is 23.6 Å². The summed E-state index contributed by atoms with van der Waals surface area (Å²) in [5, 5.41) is 5.75. The molecule has 1 atom stereocenters. The Morgan fingerprint density at radius 3 is 2.45 bits per heavy atom. The van der Waals surface area contributed by atoms with Gasteiger partial charge in [0.2, 0.25) is 11.8 Å². The van der Waals surface area contributed by atoms with Crippen LogP contribution < -0.4 is 10.6 Å². The largest absolute Gasteiger partial charge is 0.353 e. The first-order valence-electron chi connectivity index (χ1n) is 7.81. The van der Waals surface area contributed by atoms with E-state index in [9.17, 15) is 9.59 Å². The molecule has 0 aliphatic carbocycles. The molecule has 0 aliphatic rings. The molecule has 2 amide bonds. The number of amides is 2. The standard InChI is InChI=1S/C17H26N2O2S/c1-4-5-6-7-13(2)18-17(21)12-22-16-10-8-15(9-11-16)19-14(3)20/h8-11,13H,4-7,12H2,1-3H3,(H,18,21)(H,19,20). The molecule has 0 radical (unpaired) electrons. The van der Waals surface area contributed by atoms with Crippen LogP contribution >= 0.6 is 11.8 Å². The highest BCUT2D eigenvalue weighted by Crippen LogP contribution is 2.20. The lowest BCUT2D eigenvalue weighted by molar-refractivity contribution is -0.119. The highest BCUT2D eigenvalue weighted by atomic mass is 32.2. The van der Waals surface area contributed by atoms with Gasteiger partial charge in [-0.1, -0.05) is 26.2 Å². The molecule has 0 aliphatic heterocycles. The van der Waals surface area contributed by atoms with Crippen LogP contribution in [0.2, 0.25) is 0 Å². The van der Waals surface area contributed by atoms with E-state index >= 15 is 0 Å². The summed E-state index contributed by atoms with van der Waals surface area (Å²) in [6.45, 7) is 5.71. The van der Waals surface area contributed by atoms with Gasteiger partial charge in [0.15, 0.2) is 0 Å². The number of thioether (sulfide) groups is 1. The van der Waals surface area contributed by atoms with E-state index in [-0.39, 0.29) is 17.9 Å². The zero-order valence-electron chi connectivity index (χ0n) is 13.6. The molecule has 0 aromatic heterocycles. The normalized spacial score (nSPS) is 11.8. The minimum Gasteiger partial charge on any atom is -0.353 e. The Balaban J connectivity index is 2.30. The highest BCUT2D eigenvalue weighted by Gasteiger charge is 2.07. The van der Waals surface area contributed by atoms with E-state index in [1.807, 2.05) is 24.3 Å². The molecule has 1 rings (SSSR count). The van der Waals surface area contributed by atoms with Gasteiger partial charge in [-0.3, -0.25) is 9.59 Å². The molecule has 122 valence electrons. The lowest BCUT2D eigenvalue weighted by Gasteiger charge is -2.13. The summed E-state index contributed by atoms with van der Waals surface area (Å²) < 4.78 is 0. The van der Waals surface area contributed by atoms with E-state index in [1.54, 1.807) is 0 Å². The van der Waals surface area contributed by atoms with E-state index in [4.69, 9.17) is 0 Å². The van der Waals surface area contributed by atoms with E-state index in [1.165, 1.54) is 31.5 Å². The first-order chi connectivity index (χ1) is 10.5. The van der Waals surface area contributed by atoms with E-state index < -0.39 is 0 Å². The van der Waals surface area contributed by atoms with Gasteiger partial charge in [-0.25, -0.2) is 0 Å². The summed E-state index contributed by atoms with van der Waals surface area (Å²) in [5.74, 6) is 0.397. The van der Waals surface area contributed by atoms with Crippen LogP contribution in [0.3, 0.4) is 0 Å². The number of benzene rings is 1. The molecule has 0 heterocycles. The van der Waals surface area contributed by atoms with Gasteiger partial charge in [0.1, 0.15) is 0 Å². The number of hydrogen-bond donors (Lipinski definition) is 2. The summed E-state index contributed by atoms with van der Waals surface area (Å²) in [5.41, 5.74) is 0.769. The lowest BCUT2D eigenvalue weighted by atomic mass is 10.1. The number of carbonyl (C=O) groups excluding carboxylic acids is 2. The number of anilines is 1. The van der Waals surface area contributed by atoms with E-state index in [0.717, 1.165) is 23.4 Å². The zero-order chi connectivity index (χ0) is 16.4. The molecule has 22 heavy (non-hydrogen) atoms. The van der Waals surface area contributed by atoms with Crippen molar-refractivity contribution in [2.75, 3.05) is 11.1 Å². The fourth-order valence-corrected chi connectivity index (χ4v) is 2.79. The predicted molar refractivity (Wildman–Crippen MR) is 93.2 cm³/mol. The van der Waals surface area contributed by atoms with Crippen LogP contribution in [0.25, 0.3) is 0 Å². The molecule has 0 saturated carbocycles. The van der Waals surface area contributed by atoms with Crippen molar-refractivity contribution in [2.24, 2.45) is 0 Å². The Morgan fingerprint density at radius 1 is 1.18 bits per heavy atom. The number of carbonyl (C=O) groups is 2. The number of rotatable bonds is 9. The molecule has 1 aromatic rings. The predicted octanol–water partition coefficient (Wildman–Crippen LogP) is 3.82. The number of nitrogens with one attached hydrogen (secondary N) is 2. The molecule has 1 unspecified atom stereocenters. The second-order valence-electron chi connectivity index (χ2n) is 5.46. The van der Waals surface area contributed by atoms with Crippen LogP contribution in [0, 0.1) is 0 Å². The SMILES string of the molecule is CCCCCC(C)NC(=O)CSc1ccc(NC(C)=O)cc1. The Labute approximate surface area is 137 Å². The fraction of sp³-hybridized carbons (Fsp3) is 0.529. The molecule has 0 saturated heterocycles. The average Bonchev–Trinajstić information content (AvgIpc) is 2.46. The smallest absolute Gasteiger partial charge is 0.230 e. The number of unbranched alkanes of at least 4 members (excludes halogenated alkanes) is 2. The van der Waals surface area contributed by atoms with Gasteiger partial charge in [-0.15, -0.1) is 11.8 Å². The maximum absolute atomic E-state index is 11.9. The molecule has 2 N–H and O–H groups in total. The van der Waals surface area contributed by atoms with Crippen LogP contribution in [0.1, 0.15) is 46.5 Å².